The van der Waals surface area contributed by atoms with Gasteiger partial charge in [-0.25, -0.2) is 13.2 Å². The third-order valence-corrected chi connectivity index (χ3v) is 8.11. The van der Waals surface area contributed by atoms with Crippen molar-refractivity contribution in [3.63, 3.8) is 0 Å². The normalized spacial score (nSPS) is 17.3. The first kappa shape index (κ1) is 24.1. The van der Waals surface area contributed by atoms with Crippen molar-refractivity contribution >= 4 is 21.9 Å². The molecule has 176 valence electrons. The van der Waals surface area contributed by atoms with Gasteiger partial charge in [-0.2, -0.15) is 4.31 Å². The van der Waals surface area contributed by atoms with Crippen LogP contribution < -0.4 is 0 Å². The Morgan fingerprint density at radius 3 is 2.62 bits per heavy atom. The quantitative estimate of drug-likeness (QED) is 0.582. The lowest BCUT2D eigenvalue weighted by Gasteiger charge is -2.33. The minimum Gasteiger partial charge on any atom is -0.467 e. The molecule has 0 unspecified atom stereocenters. The Hall–Kier alpha value is -2.59. The summed E-state index contributed by atoms with van der Waals surface area (Å²) >= 11 is 0. The van der Waals surface area contributed by atoms with E-state index in [1.165, 1.54) is 4.31 Å². The van der Waals surface area contributed by atoms with Crippen molar-refractivity contribution in [2.24, 2.45) is 13.0 Å². The number of rotatable bonds is 7. The molecule has 10 heteroatoms. The number of furan rings is 1. The molecular formula is C22H31N3O6S. The molecule has 0 bridgehead atoms. The fourth-order valence-electron chi connectivity index (χ4n) is 4.19. The molecule has 9 nitrogen and oxygen atoms in total. The van der Waals surface area contributed by atoms with Crippen LogP contribution in [0.5, 0.6) is 0 Å². The molecule has 1 atom stereocenters. The maximum Gasteiger partial charge on any atom is 0.341 e. The predicted molar refractivity (Wildman–Crippen MR) is 118 cm³/mol. The second-order valence-corrected chi connectivity index (χ2v) is 10.0. The van der Waals surface area contributed by atoms with Gasteiger partial charge in [0.15, 0.2) is 0 Å². The first-order valence-corrected chi connectivity index (χ1v) is 12.1. The highest BCUT2D eigenvalue weighted by molar-refractivity contribution is 7.89. The van der Waals surface area contributed by atoms with E-state index in [9.17, 15) is 18.0 Å². The van der Waals surface area contributed by atoms with Crippen molar-refractivity contribution in [3.8, 4) is 0 Å². The van der Waals surface area contributed by atoms with Crippen molar-refractivity contribution in [1.82, 2.24) is 13.8 Å². The summed E-state index contributed by atoms with van der Waals surface area (Å²) in [7, 11) is -0.605. The summed E-state index contributed by atoms with van der Waals surface area (Å²) in [5, 5.41) is 0. The van der Waals surface area contributed by atoms with Gasteiger partial charge in [0.1, 0.15) is 16.2 Å². The summed E-state index contributed by atoms with van der Waals surface area (Å²) in [6.45, 7) is 5.88. The van der Waals surface area contributed by atoms with Gasteiger partial charge in [0.25, 0.3) is 0 Å². The number of carbonyl (C=O) groups excluding carboxylic acids is 2. The van der Waals surface area contributed by atoms with Gasteiger partial charge in [-0.05, 0) is 45.7 Å². The number of hydrogen-bond acceptors (Lipinski definition) is 6. The van der Waals surface area contributed by atoms with E-state index in [-0.39, 0.29) is 29.5 Å². The largest absolute Gasteiger partial charge is 0.467 e. The van der Waals surface area contributed by atoms with Crippen LogP contribution in [-0.2, 0) is 33.1 Å². The Morgan fingerprint density at radius 1 is 1.28 bits per heavy atom. The summed E-state index contributed by atoms with van der Waals surface area (Å²) in [4.78, 5) is 27.1. The van der Waals surface area contributed by atoms with Crippen LogP contribution in [0, 0.1) is 19.8 Å². The highest BCUT2D eigenvalue weighted by Gasteiger charge is 2.39. The molecule has 0 spiro atoms. The van der Waals surface area contributed by atoms with Gasteiger partial charge in [-0.3, -0.25) is 4.79 Å². The molecule has 2 aromatic rings. The van der Waals surface area contributed by atoms with Crippen molar-refractivity contribution < 1.29 is 27.2 Å². The monoisotopic (exact) mass is 465 g/mol. The maximum atomic E-state index is 13.7. The Kier molecular flexibility index (Phi) is 7.14. The van der Waals surface area contributed by atoms with Gasteiger partial charge < -0.3 is 18.6 Å². The molecule has 32 heavy (non-hydrogen) atoms. The first-order chi connectivity index (χ1) is 15.1. The van der Waals surface area contributed by atoms with E-state index in [0.29, 0.717) is 43.1 Å². The van der Waals surface area contributed by atoms with E-state index in [0.717, 1.165) is 0 Å². The predicted octanol–water partition coefficient (Wildman–Crippen LogP) is 2.47. The number of hydrogen-bond donors (Lipinski definition) is 0. The highest BCUT2D eigenvalue weighted by atomic mass is 32.2. The summed E-state index contributed by atoms with van der Waals surface area (Å²) in [6, 6.07) is 3.55. The van der Waals surface area contributed by atoms with Crippen LogP contribution in [0.1, 0.15) is 47.3 Å². The molecule has 0 saturated carbocycles. The topological polar surface area (TPSA) is 102 Å². The van der Waals surface area contributed by atoms with Gasteiger partial charge in [0, 0.05) is 38.6 Å². The zero-order chi connectivity index (χ0) is 23.6. The smallest absolute Gasteiger partial charge is 0.341 e. The zero-order valence-corrected chi connectivity index (χ0v) is 20.1. The molecule has 1 fully saturated rings. The van der Waals surface area contributed by atoms with E-state index in [2.05, 4.69) is 0 Å². The van der Waals surface area contributed by atoms with E-state index in [1.54, 1.807) is 62.7 Å². The second-order valence-electron chi connectivity index (χ2n) is 8.13. The molecular weight excluding hydrogens is 434 g/mol. The molecule has 0 aromatic carbocycles. The van der Waals surface area contributed by atoms with Crippen LogP contribution >= 0.6 is 0 Å². The third kappa shape index (κ3) is 4.47. The molecule has 0 radical (unpaired) electrons. The van der Waals surface area contributed by atoms with Crippen molar-refractivity contribution in [2.75, 3.05) is 26.7 Å². The number of nitrogens with zero attached hydrogens (tertiary/aromatic N) is 3. The molecule has 1 saturated heterocycles. The zero-order valence-electron chi connectivity index (χ0n) is 19.3. The van der Waals surface area contributed by atoms with Crippen molar-refractivity contribution in [2.45, 2.75) is 45.1 Å². The summed E-state index contributed by atoms with van der Waals surface area (Å²) in [5.74, 6) is -0.590. The fraction of sp³-hybridized carbons (Fsp3) is 0.545. The third-order valence-electron chi connectivity index (χ3n) is 6.08. The molecule has 2 aromatic heterocycles. The summed E-state index contributed by atoms with van der Waals surface area (Å²) in [6.07, 6.45) is 2.71. The Balaban J connectivity index is 1.87. The van der Waals surface area contributed by atoms with Crippen LogP contribution in [0.15, 0.2) is 27.7 Å². The van der Waals surface area contributed by atoms with Crippen LogP contribution in [0.25, 0.3) is 0 Å². The maximum absolute atomic E-state index is 13.7. The van der Waals surface area contributed by atoms with Crippen molar-refractivity contribution in [3.05, 3.63) is 41.1 Å². The average Bonchev–Trinajstić information content (AvgIpc) is 3.35. The Bertz CT molecular complexity index is 1090. The van der Waals surface area contributed by atoms with Crippen LogP contribution in [0.2, 0.25) is 0 Å². The van der Waals surface area contributed by atoms with E-state index >= 15 is 0 Å². The minimum atomic E-state index is -4.01. The second kappa shape index (κ2) is 9.50. The minimum absolute atomic E-state index is 0.0343. The lowest BCUT2D eigenvalue weighted by molar-refractivity contribution is -0.136. The van der Waals surface area contributed by atoms with Crippen LogP contribution in [0.3, 0.4) is 0 Å². The SMILES string of the molecule is CCOC(=O)c1c(S(=O)(=O)N2CCC[C@H](C(=O)N(C)Cc3ccco3)C2)c(C)n(C)c1C. The number of carbonyl (C=O) groups is 2. The highest BCUT2D eigenvalue weighted by Crippen LogP contribution is 2.32. The standard InChI is InChI=1S/C22H31N3O6S/c1-6-30-22(27)19-15(2)24(5)16(3)20(19)32(28,29)25-11-7-9-17(13-25)21(26)23(4)14-18-10-8-12-31-18/h8,10,12,17H,6-7,9,11,13-14H2,1-5H3/t17-/m0/s1. The number of aromatic nitrogens is 1. The summed E-state index contributed by atoms with van der Waals surface area (Å²) < 4.78 is 40.8. The lowest BCUT2D eigenvalue weighted by atomic mass is 9.98. The van der Waals surface area contributed by atoms with Crippen LogP contribution in [0.4, 0.5) is 0 Å². The Labute approximate surface area is 189 Å². The van der Waals surface area contributed by atoms with E-state index < -0.39 is 21.9 Å². The van der Waals surface area contributed by atoms with Crippen molar-refractivity contribution in [1.29, 1.82) is 0 Å². The molecule has 0 aliphatic carbocycles. The van der Waals surface area contributed by atoms with E-state index in [1.807, 2.05) is 0 Å². The number of esters is 1. The molecule has 1 amide bonds. The summed E-state index contributed by atoms with van der Waals surface area (Å²) in [5.41, 5.74) is 1.06. The molecule has 3 heterocycles. The van der Waals surface area contributed by atoms with Gasteiger partial charge >= 0.3 is 5.97 Å². The number of sulfonamides is 1. The molecule has 3 rings (SSSR count). The molecule has 1 aliphatic heterocycles. The van der Waals surface area contributed by atoms with Gasteiger partial charge in [-0.15, -0.1) is 0 Å². The lowest BCUT2D eigenvalue weighted by Crippen LogP contribution is -2.46. The van der Waals surface area contributed by atoms with Gasteiger partial charge in [-0.1, -0.05) is 0 Å². The molecule has 1 aliphatic rings. The number of piperidine rings is 1. The number of ether oxygens (including phenoxy) is 1. The Morgan fingerprint density at radius 2 is 2.00 bits per heavy atom. The number of amides is 1. The fourth-order valence-corrected chi connectivity index (χ4v) is 6.20. The average molecular weight is 466 g/mol. The van der Waals surface area contributed by atoms with E-state index in [4.69, 9.17) is 9.15 Å². The first-order valence-electron chi connectivity index (χ1n) is 10.7. The van der Waals surface area contributed by atoms with Gasteiger partial charge in [0.05, 0.1) is 25.3 Å². The van der Waals surface area contributed by atoms with Gasteiger partial charge in [0.2, 0.25) is 15.9 Å². The molecule has 0 N–H and O–H groups in total. The van der Waals surface area contributed by atoms with Crippen LogP contribution in [-0.4, -0.2) is 60.8 Å².